The summed E-state index contributed by atoms with van der Waals surface area (Å²) in [7, 11) is 1.27. The minimum atomic E-state index is -0.628. The van der Waals surface area contributed by atoms with Crippen LogP contribution >= 0.6 is 0 Å². The molecule has 0 heterocycles. The zero-order chi connectivity index (χ0) is 16.2. The third-order valence-electron chi connectivity index (χ3n) is 3.95. The lowest BCUT2D eigenvalue weighted by Crippen LogP contribution is -2.31. The van der Waals surface area contributed by atoms with Crippen molar-refractivity contribution in [3.05, 3.63) is 59.7 Å². The topological polar surface area (TPSA) is 64.6 Å². The van der Waals surface area contributed by atoms with Crippen LogP contribution in [0.15, 0.2) is 48.5 Å². The lowest BCUT2D eigenvalue weighted by Gasteiger charge is -2.14. The Morgan fingerprint density at radius 3 is 2.13 bits per heavy atom. The van der Waals surface area contributed by atoms with E-state index < -0.39 is 12.1 Å². The minimum absolute atomic E-state index is 0.00581. The van der Waals surface area contributed by atoms with E-state index in [1.807, 2.05) is 24.3 Å². The van der Waals surface area contributed by atoms with Crippen molar-refractivity contribution in [1.29, 1.82) is 0 Å². The van der Waals surface area contributed by atoms with Crippen molar-refractivity contribution in [1.82, 2.24) is 5.32 Å². The van der Waals surface area contributed by atoms with Crippen LogP contribution in [0.4, 0.5) is 4.79 Å². The maximum absolute atomic E-state index is 11.7. The fourth-order valence-electron chi connectivity index (χ4n) is 2.87. The van der Waals surface area contributed by atoms with Gasteiger partial charge in [0.2, 0.25) is 0 Å². The number of rotatable bonds is 4. The van der Waals surface area contributed by atoms with Gasteiger partial charge in [-0.15, -0.1) is 0 Å². The SMILES string of the molecule is COC(=O)CNC(=O)OCC1c2ccccc2-c2ccccc21. The average Bonchev–Trinajstić information content (AvgIpc) is 2.92. The van der Waals surface area contributed by atoms with E-state index in [0.29, 0.717) is 0 Å². The van der Waals surface area contributed by atoms with E-state index in [-0.39, 0.29) is 19.1 Å². The van der Waals surface area contributed by atoms with E-state index in [4.69, 9.17) is 4.74 Å². The van der Waals surface area contributed by atoms with Gasteiger partial charge in [-0.05, 0) is 22.3 Å². The lowest BCUT2D eigenvalue weighted by atomic mass is 9.98. The summed E-state index contributed by atoms with van der Waals surface area (Å²) in [5, 5.41) is 2.37. The van der Waals surface area contributed by atoms with E-state index in [1.54, 1.807) is 0 Å². The van der Waals surface area contributed by atoms with Crippen LogP contribution in [-0.4, -0.2) is 32.3 Å². The van der Waals surface area contributed by atoms with Crippen LogP contribution in [0, 0.1) is 0 Å². The first kappa shape index (κ1) is 15.1. The molecule has 0 aromatic heterocycles. The molecule has 0 radical (unpaired) electrons. The Morgan fingerprint density at radius 2 is 1.57 bits per heavy atom. The summed E-state index contributed by atoms with van der Waals surface area (Å²) < 4.78 is 9.74. The molecular weight excluding hydrogens is 294 g/mol. The van der Waals surface area contributed by atoms with Gasteiger partial charge in [0.25, 0.3) is 0 Å². The maximum Gasteiger partial charge on any atom is 0.407 e. The minimum Gasteiger partial charge on any atom is -0.468 e. The predicted octanol–water partition coefficient (Wildman–Crippen LogP) is 2.70. The highest BCUT2D eigenvalue weighted by molar-refractivity contribution is 5.80. The molecule has 1 aliphatic carbocycles. The standard InChI is InChI=1S/C18H17NO4/c1-22-17(20)10-19-18(21)23-11-16-14-8-4-2-6-12(14)13-7-3-5-9-15(13)16/h2-9,16H,10-11H2,1H3,(H,19,21). The zero-order valence-electron chi connectivity index (χ0n) is 12.7. The second-order valence-electron chi connectivity index (χ2n) is 5.26. The molecule has 1 amide bonds. The summed E-state index contributed by atoms with van der Waals surface area (Å²) in [4.78, 5) is 22.7. The highest BCUT2D eigenvalue weighted by Gasteiger charge is 2.28. The molecule has 5 heteroatoms. The van der Waals surface area contributed by atoms with E-state index in [1.165, 1.54) is 18.2 Å². The van der Waals surface area contributed by atoms with Crippen LogP contribution < -0.4 is 5.32 Å². The molecule has 0 atom stereocenters. The van der Waals surface area contributed by atoms with E-state index >= 15 is 0 Å². The molecule has 0 saturated carbocycles. The number of methoxy groups -OCH3 is 1. The first-order valence-corrected chi connectivity index (χ1v) is 7.36. The Balaban J connectivity index is 1.71. The Hall–Kier alpha value is -2.82. The van der Waals surface area contributed by atoms with Crippen molar-refractivity contribution < 1.29 is 19.1 Å². The molecule has 0 fully saturated rings. The number of amides is 1. The van der Waals surface area contributed by atoms with Gasteiger partial charge in [0, 0.05) is 5.92 Å². The molecule has 0 bridgehead atoms. The first-order valence-electron chi connectivity index (χ1n) is 7.36. The Bertz CT molecular complexity index is 696. The van der Waals surface area contributed by atoms with Crippen molar-refractivity contribution >= 4 is 12.1 Å². The number of benzene rings is 2. The molecule has 2 aromatic carbocycles. The third-order valence-corrected chi connectivity index (χ3v) is 3.95. The molecule has 1 aliphatic rings. The van der Waals surface area contributed by atoms with Crippen molar-refractivity contribution in [3.8, 4) is 11.1 Å². The van der Waals surface area contributed by atoms with Gasteiger partial charge in [-0.25, -0.2) is 4.79 Å². The van der Waals surface area contributed by atoms with Gasteiger partial charge < -0.3 is 14.8 Å². The molecule has 2 aromatic rings. The van der Waals surface area contributed by atoms with Gasteiger partial charge in [0.05, 0.1) is 7.11 Å². The second kappa shape index (κ2) is 6.52. The van der Waals surface area contributed by atoms with Crippen molar-refractivity contribution in [2.45, 2.75) is 5.92 Å². The highest BCUT2D eigenvalue weighted by Crippen LogP contribution is 2.44. The summed E-state index contributed by atoms with van der Waals surface area (Å²) in [6.07, 6.45) is -0.628. The summed E-state index contributed by atoms with van der Waals surface area (Å²) in [5.41, 5.74) is 4.64. The van der Waals surface area contributed by atoms with Crippen LogP contribution in [0.3, 0.4) is 0 Å². The summed E-state index contributed by atoms with van der Waals surface area (Å²) in [6, 6.07) is 16.2. The van der Waals surface area contributed by atoms with Crippen molar-refractivity contribution in [2.24, 2.45) is 0 Å². The van der Waals surface area contributed by atoms with E-state index in [9.17, 15) is 9.59 Å². The molecular formula is C18H17NO4. The Kier molecular flexibility index (Phi) is 4.28. The summed E-state index contributed by atoms with van der Waals surface area (Å²) >= 11 is 0. The van der Waals surface area contributed by atoms with Gasteiger partial charge in [0.15, 0.2) is 0 Å². The second-order valence-corrected chi connectivity index (χ2v) is 5.26. The fourth-order valence-corrected chi connectivity index (χ4v) is 2.87. The van der Waals surface area contributed by atoms with Crippen molar-refractivity contribution in [3.63, 3.8) is 0 Å². The first-order chi connectivity index (χ1) is 11.2. The van der Waals surface area contributed by atoms with Crippen LogP contribution in [0.1, 0.15) is 17.0 Å². The highest BCUT2D eigenvalue weighted by atomic mass is 16.6. The quantitative estimate of drug-likeness (QED) is 0.882. The normalized spacial score (nSPS) is 12.2. The van der Waals surface area contributed by atoms with Gasteiger partial charge in [-0.3, -0.25) is 4.79 Å². The van der Waals surface area contributed by atoms with Crippen LogP contribution in [0.5, 0.6) is 0 Å². The van der Waals surface area contributed by atoms with E-state index in [0.717, 1.165) is 11.1 Å². The number of alkyl carbamates (subject to hydrolysis) is 1. The number of carbonyl (C=O) groups is 2. The zero-order valence-corrected chi connectivity index (χ0v) is 12.7. The maximum atomic E-state index is 11.7. The van der Waals surface area contributed by atoms with Crippen LogP contribution in [0.25, 0.3) is 11.1 Å². The number of carbonyl (C=O) groups excluding carboxylic acids is 2. The third kappa shape index (κ3) is 3.04. The van der Waals surface area contributed by atoms with Gasteiger partial charge in [-0.2, -0.15) is 0 Å². The van der Waals surface area contributed by atoms with Gasteiger partial charge in [0.1, 0.15) is 13.2 Å². The monoisotopic (exact) mass is 311 g/mol. The molecule has 0 saturated heterocycles. The predicted molar refractivity (Wildman–Crippen MR) is 85.1 cm³/mol. The molecule has 0 unspecified atom stereocenters. The van der Waals surface area contributed by atoms with Crippen LogP contribution in [-0.2, 0) is 14.3 Å². The molecule has 0 aliphatic heterocycles. The number of fused-ring (bicyclic) bond motifs is 3. The van der Waals surface area contributed by atoms with E-state index in [2.05, 4.69) is 34.3 Å². The van der Waals surface area contributed by atoms with Crippen molar-refractivity contribution in [2.75, 3.05) is 20.3 Å². The molecule has 3 rings (SSSR count). The van der Waals surface area contributed by atoms with Gasteiger partial charge >= 0.3 is 12.1 Å². The number of esters is 1. The number of hydrogen-bond donors (Lipinski definition) is 1. The number of ether oxygens (including phenoxy) is 2. The summed E-state index contributed by atoms with van der Waals surface area (Å²) in [5.74, 6) is -0.509. The fraction of sp³-hybridized carbons (Fsp3) is 0.222. The van der Waals surface area contributed by atoms with Gasteiger partial charge in [-0.1, -0.05) is 48.5 Å². The molecule has 1 N–H and O–H groups in total. The average molecular weight is 311 g/mol. The Morgan fingerprint density at radius 1 is 1.00 bits per heavy atom. The molecule has 5 nitrogen and oxygen atoms in total. The Labute approximate surface area is 134 Å². The number of hydrogen-bond acceptors (Lipinski definition) is 4. The lowest BCUT2D eigenvalue weighted by molar-refractivity contribution is -0.139. The molecule has 23 heavy (non-hydrogen) atoms. The molecule has 118 valence electrons. The summed E-state index contributed by atoms with van der Waals surface area (Å²) in [6.45, 7) is 0.0220. The largest absolute Gasteiger partial charge is 0.468 e. The molecule has 0 spiro atoms. The smallest absolute Gasteiger partial charge is 0.407 e. The number of nitrogens with one attached hydrogen (secondary N) is 1. The van der Waals surface area contributed by atoms with Crippen LogP contribution in [0.2, 0.25) is 0 Å².